The second-order valence-electron chi connectivity index (χ2n) is 3.85. The second-order valence-corrected chi connectivity index (χ2v) is 3.85. The zero-order valence-corrected chi connectivity index (χ0v) is 8.88. The van der Waals surface area contributed by atoms with E-state index in [9.17, 15) is 4.79 Å². The molecule has 0 radical (unpaired) electrons. The Hall–Kier alpha value is -1.30. The number of ketones is 1. The first kappa shape index (κ1) is 10.2. The van der Waals surface area contributed by atoms with E-state index in [1.54, 1.807) is 7.05 Å². The molecule has 82 valence electrons. The van der Waals surface area contributed by atoms with Crippen molar-refractivity contribution < 1.29 is 9.53 Å². The SMILES string of the molecule is CC1CCC(C(=O)Cc2nnn(C)n2)O1. The lowest BCUT2D eigenvalue weighted by Crippen LogP contribution is -2.23. The van der Waals surface area contributed by atoms with Gasteiger partial charge >= 0.3 is 0 Å². The van der Waals surface area contributed by atoms with Crippen LogP contribution in [0.4, 0.5) is 0 Å². The van der Waals surface area contributed by atoms with Crippen LogP contribution in [0.1, 0.15) is 25.6 Å². The van der Waals surface area contributed by atoms with E-state index in [0.29, 0.717) is 5.82 Å². The van der Waals surface area contributed by atoms with Crippen molar-refractivity contribution in [2.75, 3.05) is 0 Å². The molecular weight excluding hydrogens is 196 g/mol. The molecule has 1 aliphatic heterocycles. The average Bonchev–Trinajstić information content (AvgIpc) is 2.75. The highest BCUT2D eigenvalue weighted by atomic mass is 16.5. The number of ether oxygens (including phenoxy) is 1. The highest BCUT2D eigenvalue weighted by Crippen LogP contribution is 2.20. The molecule has 2 heterocycles. The molecule has 6 nitrogen and oxygen atoms in total. The third-order valence-electron chi connectivity index (χ3n) is 2.47. The molecule has 0 bridgehead atoms. The van der Waals surface area contributed by atoms with Crippen molar-refractivity contribution in [3.05, 3.63) is 5.82 Å². The zero-order valence-electron chi connectivity index (χ0n) is 8.88. The van der Waals surface area contributed by atoms with Gasteiger partial charge in [-0.2, -0.15) is 4.80 Å². The van der Waals surface area contributed by atoms with Gasteiger partial charge in [0.1, 0.15) is 6.10 Å². The molecule has 0 aromatic carbocycles. The third kappa shape index (κ3) is 2.38. The fraction of sp³-hybridized carbons (Fsp3) is 0.778. The maximum absolute atomic E-state index is 11.7. The van der Waals surface area contributed by atoms with Crippen LogP contribution in [0, 0.1) is 0 Å². The Balaban J connectivity index is 1.92. The maximum atomic E-state index is 11.7. The third-order valence-corrected chi connectivity index (χ3v) is 2.47. The minimum atomic E-state index is -0.274. The smallest absolute Gasteiger partial charge is 0.182 e. The largest absolute Gasteiger partial charge is 0.367 e. The van der Waals surface area contributed by atoms with Gasteiger partial charge in [-0.1, -0.05) is 0 Å². The molecule has 0 saturated carbocycles. The molecular formula is C9H14N4O2. The van der Waals surface area contributed by atoms with Crippen molar-refractivity contribution in [3.8, 4) is 0 Å². The van der Waals surface area contributed by atoms with E-state index in [1.165, 1.54) is 4.80 Å². The molecule has 1 saturated heterocycles. The van der Waals surface area contributed by atoms with Gasteiger partial charge in [-0.05, 0) is 25.0 Å². The fourth-order valence-electron chi connectivity index (χ4n) is 1.70. The molecule has 6 heteroatoms. The summed E-state index contributed by atoms with van der Waals surface area (Å²) in [5.41, 5.74) is 0. The van der Waals surface area contributed by atoms with Crippen molar-refractivity contribution in [1.29, 1.82) is 0 Å². The Morgan fingerprint density at radius 1 is 1.60 bits per heavy atom. The van der Waals surface area contributed by atoms with Crippen molar-refractivity contribution >= 4 is 5.78 Å². The Morgan fingerprint density at radius 2 is 2.40 bits per heavy atom. The maximum Gasteiger partial charge on any atom is 0.182 e. The van der Waals surface area contributed by atoms with Crippen LogP contribution < -0.4 is 0 Å². The molecule has 0 N–H and O–H groups in total. The van der Waals surface area contributed by atoms with Crippen LogP contribution in [0.15, 0.2) is 0 Å². The van der Waals surface area contributed by atoms with Gasteiger partial charge in [-0.25, -0.2) is 0 Å². The summed E-state index contributed by atoms with van der Waals surface area (Å²) >= 11 is 0. The van der Waals surface area contributed by atoms with Crippen molar-refractivity contribution in [2.24, 2.45) is 7.05 Å². The van der Waals surface area contributed by atoms with E-state index >= 15 is 0 Å². The molecule has 2 rings (SSSR count). The van der Waals surface area contributed by atoms with Crippen LogP contribution in [0.2, 0.25) is 0 Å². The number of aryl methyl sites for hydroxylation is 1. The van der Waals surface area contributed by atoms with Crippen molar-refractivity contribution in [2.45, 2.75) is 38.4 Å². The van der Waals surface area contributed by atoms with Crippen molar-refractivity contribution in [1.82, 2.24) is 20.2 Å². The van der Waals surface area contributed by atoms with E-state index in [-0.39, 0.29) is 24.4 Å². The van der Waals surface area contributed by atoms with Gasteiger partial charge in [-0.3, -0.25) is 4.79 Å². The highest BCUT2D eigenvalue weighted by molar-refractivity contribution is 5.84. The van der Waals surface area contributed by atoms with Crippen LogP contribution >= 0.6 is 0 Å². The van der Waals surface area contributed by atoms with Crippen LogP contribution in [-0.2, 0) is 23.0 Å². The first-order valence-electron chi connectivity index (χ1n) is 5.06. The van der Waals surface area contributed by atoms with Gasteiger partial charge in [0.15, 0.2) is 11.6 Å². The Labute approximate surface area is 87.6 Å². The predicted molar refractivity (Wildman–Crippen MR) is 51.1 cm³/mol. The van der Waals surface area contributed by atoms with E-state index in [1.807, 2.05) is 6.92 Å². The molecule has 1 fully saturated rings. The molecule has 0 amide bonds. The van der Waals surface area contributed by atoms with E-state index in [4.69, 9.17) is 4.74 Å². The zero-order chi connectivity index (χ0) is 10.8. The average molecular weight is 210 g/mol. The van der Waals surface area contributed by atoms with Crippen LogP contribution in [0.3, 0.4) is 0 Å². The Bertz CT molecular complexity index is 363. The normalized spacial score (nSPS) is 25.7. The van der Waals surface area contributed by atoms with Crippen LogP contribution in [-0.4, -0.2) is 38.2 Å². The van der Waals surface area contributed by atoms with Crippen molar-refractivity contribution in [3.63, 3.8) is 0 Å². The molecule has 0 spiro atoms. The number of nitrogens with zero attached hydrogens (tertiary/aromatic N) is 4. The molecule has 1 aromatic rings. The summed E-state index contributed by atoms with van der Waals surface area (Å²) in [6.45, 7) is 1.98. The summed E-state index contributed by atoms with van der Waals surface area (Å²) in [6.07, 6.45) is 1.88. The summed E-state index contributed by atoms with van der Waals surface area (Å²) in [7, 11) is 1.68. The summed E-state index contributed by atoms with van der Waals surface area (Å²) < 4.78 is 5.47. The second kappa shape index (κ2) is 4.06. The first-order chi connectivity index (χ1) is 7.15. The minimum absolute atomic E-state index is 0.0485. The summed E-state index contributed by atoms with van der Waals surface area (Å²) in [6, 6.07) is 0. The number of tetrazole rings is 1. The lowest BCUT2D eigenvalue weighted by molar-refractivity contribution is -0.128. The number of carbonyl (C=O) groups excluding carboxylic acids is 1. The van der Waals surface area contributed by atoms with Gasteiger partial charge in [0.2, 0.25) is 0 Å². The Morgan fingerprint density at radius 3 is 2.93 bits per heavy atom. The van der Waals surface area contributed by atoms with Crippen LogP contribution in [0.5, 0.6) is 0 Å². The molecule has 2 atom stereocenters. The topological polar surface area (TPSA) is 69.9 Å². The number of aromatic nitrogens is 4. The quantitative estimate of drug-likeness (QED) is 0.696. The summed E-state index contributed by atoms with van der Waals surface area (Å²) in [5.74, 6) is 0.512. The molecule has 1 aliphatic rings. The lowest BCUT2D eigenvalue weighted by Gasteiger charge is -2.07. The number of hydrogen-bond acceptors (Lipinski definition) is 5. The lowest BCUT2D eigenvalue weighted by atomic mass is 10.1. The number of Topliss-reactive ketones (excluding diaryl/α,β-unsaturated/α-hetero) is 1. The standard InChI is InChI=1S/C9H14N4O2/c1-6-3-4-8(15-6)7(14)5-9-10-12-13(2)11-9/h6,8H,3-5H2,1-2H3. The first-order valence-corrected chi connectivity index (χ1v) is 5.06. The summed E-state index contributed by atoms with van der Waals surface area (Å²) in [4.78, 5) is 13.1. The number of carbonyl (C=O) groups is 1. The summed E-state index contributed by atoms with van der Waals surface area (Å²) in [5, 5.41) is 11.4. The van der Waals surface area contributed by atoms with Gasteiger partial charge in [0.25, 0.3) is 0 Å². The van der Waals surface area contributed by atoms with Gasteiger partial charge in [0.05, 0.1) is 19.6 Å². The predicted octanol–water partition coefficient (Wildman–Crippen LogP) is -0.111. The van der Waals surface area contributed by atoms with E-state index in [2.05, 4.69) is 15.4 Å². The Kier molecular flexibility index (Phi) is 2.77. The number of rotatable bonds is 3. The molecule has 1 aromatic heterocycles. The van der Waals surface area contributed by atoms with E-state index in [0.717, 1.165) is 12.8 Å². The molecule has 0 aliphatic carbocycles. The van der Waals surface area contributed by atoms with Gasteiger partial charge in [-0.15, -0.1) is 10.2 Å². The minimum Gasteiger partial charge on any atom is -0.367 e. The van der Waals surface area contributed by atoms with Crippen LogP contribution in [0.25, 0.3) is 0 Å². The molecule has 2 unspecified atom stereocenters. The highest BCUT2D eigenvalue weighted by Gasteiger charge is 2.28. The monoisotopic (exact) mass is 210 g/mol. The molecule has 15 heavy (non-hydrogen) atoms. The van der Waals surface area contributed by atoms with E-state index < -0.39 is 0 Å². The van der Waals surface area contributed by atoms with Gasteiger partial charge in [0, 0.05) is 0 Å². The number of hydrogen-bond donors (Lipinski definition) is 0. The van der Waals surface area contributed by atoms with Gasteiger partial charge < -0.3 is 4.74 Å². The fourth-order valence-corrected chi connectivity index (χ4v) is 1.70.